The molecule has 0 rings (SSSR count). The SMILES string of the molecule is C=CCOC(Br)C(Br)C(Br)C(Br)CC. The van der Waals surface area contributed by atoms with Crippen molar-refractivity contribution in [2.24, 2.45) is 0 Å². The second-order valence-electron chi connectivity index (χ2n) is 2.79. The summed E-state index contributed by atoms with van der Waals surface area (Å²) in [6, 6.07) is 0. The summed E-state index contributed by atoms with van der Waals surface area (Å²) in [4.78, 5) is 0.965. The summed E-state index contributed by atoms with van der Waals surface area (Å²) in [5, 5.41) is -0.0172. The van der Waals surface area contributed by atoms with E-state index in [1.165, 1.54) is 0 Å². The number of ether oxygens (including phenoxy) is 1. The van der Waals surface area contributed by atoms with Gasteiger partial charge in [-0.25, -0.2) is 0 Å². The lowest BCUT2D eigenvalue weighted by molar-refractivity contribution is 0.143. The first-order valence-electron chi connectivity index (χ1n) is 4.33. The van der Waals surface area contributed by atoms with E-state index in [4.69, 9.17) is 4.74 Å². The van der Waals surface area contributed by atoms with Gasteiger partial charge in [-0.3, -0.25) is 0 Å². The van der Waals surface area contributed by atoms with Crippen LogP contribution in [0.25, 0.3) is 0 Å². The molecule has 1 nitrogen and oxygen atoms in total. The quantitative estimate of drug-likeness (QED) is 0.401. The molecule has 0 aromatic heterocycles. The Hall–Kier alpha value is 1.62. The molecule has 0 aromatic carbocycles. The summed E-state index contributed by atoms with van der Waals surface area (Å²) >= 11 is 14.3. The number of hydrogen-bond acceptors (Lipinski definition) is 1. The van der Waals surface area contributed by atoms with Crippen molar-refractivity contribution in [3.05, 3.63) is 12.7 Å². The first kappa shape index (κ1) is 15.6. The molecule has 0 aliphatic carbocycles. The Kier molecular flexibility index (Phi) is 9.75. The maximum atomic E-state index is 5.47. The van der Waals surface area contributed by atoms with Gasteiger partial charge in [0.2, 0.25) is 0 Å². The molecule has 5 heteroatoms. The second-order valence-corrected chi connectivity index (χ2v) is 6.98. The van der Waals surface area contributed by atoms with Gasteiger partial charge in [0.05, 0.1) is 11.4 Å². The molecule has 0 radical (unpaired) electrons. The van der Waals surface area contributed by atoms with E-state index in [2.05, 4.69) is 77.2 Å². The molecule has 0 aromatic rings. The summed E-state index contributed by atoms with van der Waals surface area (Å²) in [6.07, 6.45) is 2.81. The highest BCUT2D eigenvalue weighted by Gasteiger charge is 2.28. The van der Waals surface area contributed by atoms with Crippen molar-refractivity contribution in [1.82, 2.24) is 0 Å². The molecule has 14 heavy (non-hydrogen) atoms. The number of alkyl halides is 4. The summed E-state index contributed by atoms with van der Waals surface area (Å²) < 4.78 is 5.47. The maximum Gasteiger partial charge on any atom is 0.126 e. The molecule has 0 bridgehead atoms. The zero-order valence-electron chi connectivity index (χ0n) is 7.93. The van der Waals surface area contributed by atoms with E-state index in [1.807, 2.05) is 0 Å². The summed E-state index contributed by atoms with van der Waals surface area (Å²) in [5.74, 6) is 0. The fourth-order valence-electron chi connectivity index (χ4n) is 0.821. The first-order chi connectivity index (χ1) is 6.54. The third-order valence-corrected chi connectivity index (χ3v) is 8.10. The topological polar surface area (TPSA) is 9.23 Å². The van der Waals surface area contributed by atoms with Crippen LogP contribution >= 0.6 is 63.7 Å². The van der Waals surface area contributed by atoms with E-state index in [1.54, 1.807) is 6.08 Å². The Balaban J connectivity index is 4.01. The van der Waals surface area contributed by atoms with Crippen LogP contribution in [-0.2, 0) is 4.74 Å². The van der Waals surface area contributed by atoms with E-state index >= 15 is 0 Å². The standard InChI is InChI=1S/C9H14Br4O/c1-3-5-14-9(13)8(12)7(11)6(10)4-2/h3,6-9H,1,4-5H2,2H3. The van der Waals surface area contributed by atoms with Crippen molar-refractivity contribution in [2.45, 2.75) is 32.8 Å². The number of hydrogen-bond donors (Lipinski definition) is 0. The second kappa shape index (κ2) is 8.74. The minimum atomic E-state index is -0.0172. The first-order valence-corrected chi connectivity index (χ1v) is 7.99. The fourth-order valence-corrected chi connectivity index (χ4v) is 3.62. The molecule has 0 aliphatic rings. The third kappa shape index (κ3) is 5.64. The number of rotatable bonds is 7. The molecule has 0 heterocycles. The van der Waals surface area contributed by atoms with Gasteiger partial charge in [0.1, 0.15) is 5.01 Å². The Bertz CT molecular complexity index is 165. The highest BCUT2D eigenvalue weighted by Crippen LogP contribution is 2.30. The van der Waals surface area contributed by atoms with E-state index in [0.717, 1.165) is 6.42 Å². The van der Waals surface area contributed by atoms with Crippen LogP contribution in [-0.4, -0.2) is 26.1 Å². The molecule has 4 unspecified atom stereocenters. The van der Waals surface area contributed by atoms with Gasteiger partial charge in [0.15, 0.2) is 0 Å². The third-order valence-electron chi connectivity index (χ3n) is 1.66. The van der Waals surface area contributed by atoms with Gasteiger partial charge in [-0.2, -0.15) is 0 Å². The van der Waals surface area contributed by atoms with Crippen LogP contribution in [0.5, 0.6) is 0 Å². The summed E-state index contributed by atoms with van der Waals surface area (Å²) in [5.41, 5.74) is 0. The molecular formula is C9H14Br4O. The number of halogens is 4. The molecule has 0 spiro atoms. The van der Waals surface area contributed by atoms with E-state index < -0.39 is 0 Å². The monoisotopic (exact) mass is 454 g/mol. The van der Waals surface area contributed by atoms with Crippen LogP contribution in [0, 0.1) is 0 Å². The molecule has 0 amide bonds. The van der Waals surface area contributed by atoms with Crippen molar-refractivity contribution < 1.29 is 4.74 Å². The van der Waals surface area contributed by atoms with Crippen molar-refractivity contribution in [3.63, 3.8) is 0 Å². The fraction of sp³-hybridized carbons (Fsp3) is 0.778. The van der Waals surface area contributed by atoms with E-state index in [9.17, 15) is 0 Å². The predicted molar refractivity (Wildman–Crippen MR) is 77.3 cm³/mol. The maximum absolute atomic E-state index is 5.47. The minimum Gasteiger partial charge on any atom is -0.362 e. The Morgan fingerprint density at radius 1 is 1.21 bits per heavy atom. The van der Waals surface area contributed by atoms with E-state index in [0.29, 0.717) is 16.3 Å². The normalized spacial score (nSPS) is 19.8. The molecular weight excluding hydrogens is 444 g/mol. The average Bonchev–Trinajstić information content (AvgIpc) is 2.22. The Morgan fingerprint density at radius 2 is 1.79 bits per heavy atom. The summed E-state index contributed by atoms with van der Waals surface area (Å²) in [7, 11) is 0. The molecule has 0 fully saturated rings. The van der Waals surface area contributed by atoms with E-state index in [-0.39, 0.29) is 9.84 Å². The lowest BCUT2D eigenvalue weighted by Gasteiger charge is -2.24. The van der Waals surface area contributed by atoms with Gasteiger partial charge in [-0.05, 0) is 6.42 Å². The molecule has 0 N–H and O–H groups in total. The van der Waals surface area contributed by atoms with Crippen LogP contribution in [0.15, 0.2) is 12.7 Å². The van der Waals surface area contributed by atoms with Gasteiger partial charge in [-0.15, -0.1) is 6.58 Å². The lowest BCUT2D eigenvalue weighted by atomic mass is 10.2. The van der Waals surface area contributed by atoms with Crippen molar-refractivity contribution in [1.29, 1.82) is 0 Å². The van der Waals surface area contributed by atoms with Crippen molar-refractivity contribution in [2.75, 3.05) is 6.61 Å². The Morgan fingerprint density at radius 3 is 2.21 bits per heavy atom. The zero-order valence-corrected chi connectivity index (χ0v) is 14.3. The van der Waals surface area contributed by atoms with Crippen LogP contribution in [0.1, 0.15) is 13.3 Å². The average molecular weight is 458 g/mol. The molecule has 0 saturated carbocycles. The largest absolute Gasteiger partial charge is 0.362 e. The van der Waals surface area contributed by atoms with Crippen molar-refractivity contribution >= 4 is 63.7 Å². The van der Waals surface area contributed by atoms with Gasteiger partial charge >= 0.3 is 0 Å². The molecule has 4 atom stereocenters. The Labute approximate surface area is 120 Å². The van der Waals surface area contributed by atoms with Crippen LogP contribution < -0.4 is 0 Å². The minimum absolute atomic E-state index is 0.0172. The smallest absolute Gasteiger partial charge is 0.126 e. The van der Waals surface area contributed by atoms with Gasteiger partial charge in [0.25, 0.3) is 0 Å². The zero-order chi connectivity index (χ0) is 11.1. The molecule has 0 aliphatic heterocycles. The van der Waals surface area contributed by atoms with Crippen LogP contribution in [0.4, 0.5) is 0 Å². The molecule has 0 saturated heterocycles. The lowest BCUT2D eigenvalue weighted by Crippen LogP contribution is -2.32. The highest BCUT2D eigenvalue weighted by atomic mass is 79.9. The predicted octanol–water partition coefficient (Wildman–Crippen LogP) is 4.61. The van der Waals surface area contributed by atoms with Crippen LogP contribution in [0.3, 0.4) is 0 Å². The molecule has 84 valence electrons. The highest BCUT2D eigenvalue weighted by molar-refractivity contribution is 9.14. The van der Waals surface area contributed by atoms with Gasteiger partial charge < -0.3 is 4.74 Å². The van der Waals surface area contributed by atoms with Gasteiger partial charge in [-0.1, -0.05) is 76.7 Å². The summed E-state index contributed by atoms with van der Waals surface area (Å²) in [6.45, 7) is 6.30. The van der Waals surface area contributed by atoms with Crippen LogP contribution in [0.2, 0.25) is 0 Å². The van der Waals surface area contributed by atoms with Crippen molar-refractivity contribution in [3.8, 4) is 0 Å². The van der Waals surface area contributed by atoms with Gasteiger partial charge in [0, 0.05) is 9.65 Å².